The van der Waals surface area contributed by atoms with Crippen molar-refractivity contribution in [1.82, 2.24) is 15.3 Å². The number of rotatable bonds is 5. The van der Waals surface area contributed by atoms with Gasteiger partial charge in [-0.25, -0.2) is 4.98 Å². The molecule has 0 aliphatic rings. The number of aromatic nitrogens is 2. The molecule has 4 nitrogen and oxygen atoms in total. The summed E-state index contributed by atoms with van der Waals surface area (Å²) in [5.74, 6) is 0.979. The van der Waals surface area contributed by atoms with Gasteiger partial charge in [-0.3, -0.25) is 4.79 Å². The third kappa shape index (κ3) is 3.77. The molecule has 0 saturated carbocycles. The van der Waals surface area contributed by atoms with Crippen LogP contribution in [0.4, 0.5) is 0 Å². The monoisotopic (exact) mass is 341 g/mol. The topological polar surface area (TPSA) is 57.8 Å². The number of benzene rings is 2. The lowest BCUT2D eigenvalue weighted by Crippen LogP contribution is -2.33. The van der Waals surface area contributed by atoms with Gasteiger partial charge in [-0.1, -0.05) is 49.7 Å². The standard InChI is InChI=1S/C19H20ClN3O/c1-12(2)18(19-21-15-5-3-4-6-16(15)22-19)23-17(24)11-13-7-9-14(20)10-8-13/h3-10,12,18H,11H2,1-2H3,(H,21,22)(H,23,24)/t18-/m0/s1. The second kappa shape index (κ2) is 7.05. The van der Waals surface area contributed by atoms with E-state index < -0.39 is 0 Å². The fourth-order valence-corrected chi connectivity index (χ4v) is 2.81. The van der Waals surface area contributed by atoms with Crippen molar-refractivity contribution >= 4 is 28.5 Å². The lowest BCUT2D eigenvalue weighted by molar-refractivity contribution is -0.121. The van der Waals surface area contributed by atoms with Crippen LogP contribution in [0.25, 0.3) is 11.0 Å². The quantitative estimate of drug-likeness (QED) is 0.728. The fraction of sp³-hybridized carbons (Fsp3) is 0.263. The molecule has 1 aromatic heterocycles. The molecule has 2 aromatic carbocycles. The predicted molar refractivity (Wildman–Crippen MR) is 97.0 cm³/mol. The Labute approximate surface area is 146 Å². The number of hydrogen-bond donors (Lipinski definition) is 2. The molecule has 2 N–H and O–H groups in total. The highest BCUT2D eigenvalue weighted by molar-refractivity contribution is 6.30. The summed E-state index contributed by atoms with van der Waals surface area (Å²) in [6, 6.07) is 15.0. The summed E-state index contributed by atoms with van der Waals surface area (Å²) < 4.78 is 0. The number of nitrogens with one attached hydrogen (secondary N) is 2. The van der Waals surface area contributed by atoms with Crippen LogP contribution in [0.1, 0.15) is 31.3 Å². The van der Waals surface area contributed by atoms with Crippen molar-refractivity contribution in [1.29, 1.82) is 0 Å². The van der Waals surface area contributed by atoms with Crippen molar-refractivity contribution in [2.45, 2.75) is 26.3 Å². The number of para-hydroxylation sites is 2. The van der Waals surface area contributed by atoms with Gasteiger partial charge in [-0.05, 0) is 35.7 Å². The Morgan fingerprint density at radius 2 is 1.88 bits per heavy atom. The van der Waals surface area contributed by atoms with Crippen molar-refractivity contribution in [2.75, 3.05) is 0 Å². The van der Waals surface area contributed by atoms with Crippen LogP contribution in [0.3, 0.4) is 0 Å². The van der Waals surface area contributed by atoms with Gasteiger partial charge in [-0.15, -0.1) is 0 Å². The Morgan fingerprint density at radius 1 is 1.17 bits per heavy atom. The smallest absolute Gasteiger partial charge is 0.225 e. The maximum Gasteiger partial charge on any atom is 0.225 e. The van der Waals surface area contributed by atoms with E-state index in [-0.39, 0.29) is 17.9 Å². The largest absolute Gasteiger partial charge is 0.346 e. The Morgan fingerprint density at radius 3 is 2.54 bits per heavy atom. The highest BCUT2D eigenvalue weighted by Gasteiger charge is 2.21. The third-order valence-electron chi connectivity index (χ3n) is 3.96. The zero-order valence-corrected chi connectivity index (χ0v) is 14.5. The van der Waals surface area contributed by atoms with Gasteiger partial charge in [0, 0.05) is 5.02 Å². The number of hydrogen-bond acceptors (Lipinski definition) is 2. The van der Waals surface area contributed by atoms with Gasteiger partial charge in [0.05, 0.1) is 23.5 Å². The van der Waals surface area contributed by atoms with Crippen molar-refractivity contribution < 1.29 is 4.79 Å². The van der Waals surface area contributed by atoms with Crippen LogP contribution in [0.2, 0.25) is 5.02 Å². The molecule has 0 aliphatic carbocycles. The lowest BCUT2D eigenvalue weighted by atomic mass is 10.0. The first kappa shape index (κ1) is 16.5. The van der Waals surface area contributed by atoms with E-state index in [4.69, 9.17) is 11.6 Å². The van der Waals surface area contributed by atoms with Crippen LogP contribution in [0.15, 0.2) is 48.5 Å². The highest BCUT2D eigenvalue weighted by Crippen LogP contribution is 2.22. The zero-order valence-electron chi connectivity index (χ0n) is 13.7. The molecule has 3 rings (SSSR count). The van der Waals surface area contributed by atoms with Gasteiger partial charge in [-0.2, -0.15) is 0 Å². The molecule has 1 atom stereocenters. The van der Waals surface area contributed by atoms with E-state index in [1.165, 1.54) is 0 Å². The van der Waals surface area contributed by atoms with Crippen molar-refractivity contribution in [3.05, 3.63) is 64.9 Å². The molecular weight excluding hydrogens is 322 g/mol. The van der Waals surface area contributed by atoms with E-state index in [9.17, 15) is 4.79 Å². The molecule has 0 aliphatic heterocycles. The van der Waals surface area contributed by atoms with E-state index in [1.54, 1.807) is 12.1 Å². The number of H-pyrrole nitrogens is 1. The average molecular weight is 342 g/mol. The van der Waals surface area contributed by atoms with Gasteiger partial charge in [0.1, 0.15) is 5.82 Å². The first-order valence-corrected chi connectivity index (χ1v) is 8.39. The molecule has 0 unspecified atom stereocenters. The molecule has 124 valence electrons. The number of halogens is 1. The van der Waals surface area contributed by atoms with Gasteiger partial charge in [0.15, 0.2) is 0 Å². The SMILES string of the molecule is CC(C)[C@H](NC(=O)Cc1ccc(Cl)cc1)c1nc2ccccc2[nH]1. The van der Waals surface area contributed by atoms with Gasteiger partial charge >= 0.3 is 0 Å². The Balaban J connectivity index is 1.76. The lowest BCUT2D eigenvalue weighted by Gasteiger charge is -2.20. The van der Waals surface area contributed by atoms with Crippen LogP contribution >= 0.6 is 11.6 Å². The van der Waals surface area contributed by atoms with Crippen LogP contribution in [-0.4, -0.2) is 15.9 Å². The van der Waals surface area contributed by atoms with E-state index >= 15 is 0 Å². The molecule has 5 heteroatoms. The minimum atomic E-state index is -0.155. The van der Waals surface area contributed by atoms with Gasteiger partial charge in [0.25, 0.3) is 0 Å². The molecule has 24 heavy (non-hydrogen) atoms. The molecule has 0 bridgehead atoms. The van der Waals surface area contributed by atoms with Crippen LogP contribution in [0.5, 0.6) is 0 Å². The van der Waals surface area contributed by atoms with Crippen LogP contribution in [-0.2, 0) is 11.2 Å². The summed E-state index contributed by atoms with van der Waals surface area (Å²) in [7, 11) is 0. The van der Waals surface area contributed by atoms with Crippen LogP contribution < -0.4 is 5.32 Å². The second-order valence-corrected chi connectivity index (χ2v) is 6.67. The molecule has 3 aromatic rings. The summed E-state index contributed by atoms with van der Waals surface area (Å²) >= 11 is 5.88. The highest BCUT2D eigenvalue weighted by atomic mass is 35.5. The van der Waals surface area contributed by atoms with Crippen molar-refractivity contribution in [3.8, 4) is 0 Å². The third-order valence-corrected chi connectivity index (χ3v) is 4.22. The van der Waals surface area contributed by atoms with Crippen molar-refractivity contribution in [2.24, 2.45) is 5.92 Å². The minimum absolute atomic E-state index is 0.0310. The van der Waals surface area contributed by atoms with Crippen molar-refractivity contribution in [3.63, 3.8) is 0 Å². The minimum Gasteiger partial charge on any atom is -0.346 e. The van der Waals surface area contributed by atoms with Gasteiger partial charge in [0.2, 0.25) is 5.91 Å². The number of imidazole rings is 1. The maximum atomic E-state index is 12.4. The number of fused-ring (bicyclic) bond motifs is 1. The summed E-state index contributed by atoms with van der Waals surface area (Å²) in [5, 5.41) is 3.76. The average Bonchev–Trinajstić information content (AvgIpc) is 2.98. The van der Waals surface area contributed by atoms with E-state index in [2.05, 4.69) is 29.1 Å². The Bertz CT molecular complexity index is 806. The Kier molecular flexibility index (Phi) is 4.86. The molecule has 0 radical (unpaired) electrons. The first-order chi connectivity index (χ1) is 11.5. The summed E-state index contributed by atoms with van der Waals surface area (Å²) in [6.07, 6.45) is 0.320. The number of nitrogens with zero attached hydrogens (tertiary/aromatic N) is 1. The Hall–Kier alpha value is -2.33. The van der Waals surface area contributed by atoms with Gasteiger partial charge < -0.3 is 10.3 Å². The number of carbonyl (C=O) groups is 1. The summed E-state index contributed by atoms with van der Waals surface area (Å²) in [6.45, 7) is 4.14. The van der Waals surface area contributed by atoms with E-state index in [0.717, 1.165) is 22.4 Å². The normalized spacial score (nSPS) is 12.5. The maximum absolute atomic E-state index is 12.4. The molecule has 1 heterocycles. The van der Waals surface area contributed by atoms with E-state index in [0.29, 0.717) is 11.4 Å². The number of amides is 1. The molecule has 0 saturated heterocycles. The second-order valence-electron chi connectivity index (χ2n) is 6.23. The molecule has 0 spiro atoms. The molecule has 1 amide bonds. The zero-order chi connectivity index (χ0) is 17.1. The number of carbonyl (C=O) groups excluding carboxylic acids is 1. The predicted octanol–water partition coefficient (Wildman–Crippen LogP) is 4.27. The first-order valence-electron chi connectivity index (χ1n) is 8.01. The number of aromatic amines is 1. The fourth-order valence-electron chi connectivity index (χ4n) is 2.68. The molecular formula is C19H20ClN3O. The summed E-state index contributed by atoms with van der Waals surface area (Å²) in [4.78, 5) is 20.3. The molecule has 0 fully saturated rings. The van der Waals surface area contributed by atoms with E-state index in [1.807, 2.05) is 36.4 Å². The summed E-state index contributed by atoms with van der Waals surface area (Å²) in [5.41, 5.74) is 2.82. The van der Waals surface area contributed by atoms with Crippen LogP contribution in [0, 0.1) is 5.92 Å².